The van der Waals surface area contributed by atoms with Crippen LogP contribution in [0.2, 0.25) is 0 Å². The number of aliphatic hydroxyl groups excluding tert-OH is 1. The Morgan fingerprint density at radius 3 is 2.76 bits per heavy atom. The number of anilines is 3. The number of rotatable bonds is 4. The first-order chi connectivity index (χ1) is 12.3. The molecule has 1 unspecified atom stereocenters. The van der Waals surface area contributed by atoms with E-state index in [1.165, 1.54) is 0 Å². The molecule has 7 heteroatoms. The Hall–Kier alpha value is -2.93. The molecule has 1 aliphatic heterocycles. The van der Waals surface area contributed by atoms with Crippen molar-refractivity contribution in [3.63, 3.8) is 0 Å². The molecule has 0 spiro atoms. The average Bonchev–Trinajstić information content (AvgIpc) is 3.17. The van der Waals surface area contributed by atoms with Gasteiger partial charge in [0.25, 0.3) is 0 Å². The summed E-state index contributed by atoms with van der Waals surface area (Å²) in [4.78, 5) is 18.3. The molecule has 3 aromatic rings. The van der Waals surface area contributed by atoms with E-state index in [1.54, 1.807) is 18.6 Å². The molecule has 3 heterocycles. The largest absolute Gasteiger partial charge is 0.391 e. The quantitative estimate of drug-likeness (QED) is 0.678. The molecule has 0 amide bonds. The van der Waals surface area contributed by atoms with Crippen LogP contribution in [0, 0.1) is 0 Å². The van der Waals surface area contributed by atoms with Gasteiger partial charge < -0.3 is 20.3 Å². The summed E-state index contributed by atoms with van der Waals surface area (Å²) < 4.78 is 0. The van der Waals surface area contributed by atoms with Crippen LogP contribution in [-0.2, 0) is 0 Å². The Labute approximate surface area is 145 Å². The first kappa shape index (κ1) is 15.6. The maximum Gasteiger partial charge on any atom is 0.229 e. The molecule has 7 nitrogen and oxygen atoms in total. The summed E-state index contributed by atoms with van der Waals surface area (Å²) >= 11 is 0. The van der Waals surface area contributed by atoms with Gasteiger partial charge in [-0.15, -0.1) is 0 Å². The van der Waals surface area contributed by atoms with Gasteiger partial charge in [0.1, 0.15) is 11.6 Å². The predicted molar refractivity (Wildman–Crippen MR) is 96.8 cm³/mol. The second-order valence-electron chi connectivity index (χ2n) is 6.12. The van der Waals surface area contributed by atoms with E-state index in [4.69, 9.17) is 0 Å². The molecule has 1 aliphatic rings. The fourth-order valence-corrected chi connectivity index (χ4v) is 3.01. The second kappa shape index (κ2) is 6.90. The van der Waals surface area contributed by atoms with E-state index in [-0.39, 0.29) is 6.10 Å². The second-order valence-corrected chi connectivity index (χ2v) is 6.12. The van der Waals surface area contributed by atoms with Gasteiger partial charge in [-0.3, -0.25) is 0 Å². The molecule has 25 heavy (non-hydrogen) atoms. The van der Waals surface area contributed by atoms with Gasteiger partial charge in [-0.2, -0.15) is 4.98 Å². The number of aromatic nitrogens is 4. The number of aromatic amines is 1. The Kier molecular flexibility index (Phi) is 4.30. The molecule has 128 valence electrons. The number of H-pyrrole nitrogens is 1. The molecular formula is C18H20N6O. The predicted octanol–water partition coefficient (Wildman–Crippen LogP) is 2.57. The van der Waals surface area contributed by atoms with Crippen molar-refractivity contribution in [1.29, 1.82) is 0 Å². The molecule has 4 rings (SSSR count). The van der Waals surface area contributed by atoms with E-state index < -0.39 is 0 Å². The van der Waals surface area contributed by atoms with Crippen molar-refractivity contribution in [2.45, 2.75) is 18.9 Å². The zero-order valence-corrected chi connectivity index (χ0v) is 13.8. The third-order valence-corrected chi connectivity index (χ3v) is 4.27. The molecule has 0 saturated carbocycles. The van der Waals surface area contributed by atoms with Crippen molar-refractivity contribution in [2.24, 2.45) is 0 Å². The average molecular weight is 336 g/mol. The number of aliphatic hydroxyl groups is 1. The number of hydrogen-bond acceptors (Lipinski definition) is 6. The number of benzene rings is 1. The summed E-state index contributed by atoms with van der Waals surface area (Å²) in [6.45, 7) is 1.53. The summed E-state index contributed by atoms with van der Waals surface area (Å²) in [7, 11) is 0. The third-order valence-electron chi connectivity index (χ3n) is 4.27. The highest BCUT2D eigenvalue weighted by Crippen LogP contribution is 2.22. The van der Waals surface area contributed by atoms with E-state index in [9.17, 15) is 5.11 Å². The Morgan fingerprint density at radius 1 is 1.12 bits per heavy atom. The molecule has 3 N–H and O–H groups in total. The topological polar surface area (TPSA) is 90.0 Å². The molecule has 2 aromatic heterocycles. The monoisotopic (exact) mass is 336 g/mol. The van der Waals surface area contributed by atoms with E-state index in [1.807, 2.05) is 30.3 Å². The van der Waals surface area contributed by atoms with Crippen molar-refractivity contribution in [1.82, 2.24) is 19.9 Å². The number of piperidine rings is 1. The van der Waals surface area contributed by atoms with Crippen molar-refractivity contribution in [3.05, 3.63) is 48.9 Å². The van der Waals surface area contributed by atoms with Crippen molar-refractivity contribution < 1.29 is 5.11 Å². The Bertz CT molecular complexity index is 818. The van der Waals surface area contributed by atoms with Crippen LogP contribution in [0.3, 0.4) is 0 Å². The van der Waals surface area contributed by atoms with Gasteiger partial charge in [0.15, 0.2) is 0 Å². The molecule has 0 bridgehead atoms. The first-order valence-electron chi connectivity index (χ1n) is 8.41. The highest BCUT2D eigenvalue weighted by molar-refractivity contribution is 5.62. The molecule has 0 radical (unpaired) electrons. The van der Waals surface area contributed by atoms with E-state index in [0.717, 1.165) is 42.3 Å². The molecule has 1 atom stereocenters. The summed E-state index contributed by atoms with van der Waals surface area (Å²) in [6.07, 6.45) is 6.82. The van der Waals surface area contributed by atoms with Gasteiger partial charge in [0.05, 0.1) is 6.10 Å². The summed E-state index contributed by atoms with van der Waals surface area (Å²) in [5.41, 5.74) is 1.93. The zero-order valence-electron chi connectivity index (χ0n) is 13.8. The zero-order chi connectivity index (χ0) is 17.1. The van der Waals surface area contributed by atoms with Crippen LogP contribution >= 0.6 is 0 Å². The first-order valence-corrected chi connectivity index (χ1v) is 8.41. The van der Waals surface area contributed by atoms with Crippen LogP contribution in [0.1, 0.15) is 12.8 Å². The number of nitrogens with zero attached hydrogens (tertiary/aromatic N) is 4. The van der Waals surface area contributed by atoms with Gasteiger partial charge in [-0.25, -0.2) is 9.97 Å². The lowest BCUT2D eigenvalue weighted by molar-refractivity contribution is 0.154. The standard InChI is InChI=1S/C18H20N6O/c25-15-2-1-11-24(12-15)16-7-8-21-18(23-16)22-14-5-3-13(4-6-14)17-19-9-10-20-17/h3-10,15,25H,1-2,11-12H2,(H,19,20)(H,21,22,23). The maximum absolute atomic E-state index is 9.84. The van der Waals surface area contributed by atoms with Gasteiger partial charge in [-0.05, 0) is 43.2 Å². The fourth-order valence-electron chi connectivity index (χ4n) is 3.01. The van der Waals surface area contributed by atoms with Crippen molar-refractivity contribution in [2.75, 3.05) is 23.3 Å². The Morgan fingerprint density at radius 2 is 2.00 bits per heavy atom. The number of β-amino-alcohol motifs (C(OH)–C–C–N with tert-alkyl or cyclic N) is 1. The highest BCUT2D eigenvalue weighted by Gasteiger charge is 2.19. The van der Waals surface area contributed by atoms with Crippen LogP contribution in [0.4, 0.5) is 17.5 Å². The third kappa shape index (κ3) is 3.61. The van der Waals surface area contributed by atoms with Gasteiger partial charge in [0, 0.05) is 42.9 Å². The number of imidazole rings is 1. The lowest BCUT2D eigenvalue weighted by Crippen LogP contribution is -2.38. The molecule has 1 saturated heterocycles. The van der Waals surface area contributed by atoms with E-state index in [0.29, 0.717) is 12.5 Å². The fraction of sp³-hybridized carbons (Fsp3) is 0.278. The minimum atomic E-state index is -0.283. The van der Waals surface area contributed by atoms with Crippen LogP contribution < -0.4 is 10.2 Å². The van der Waals surface area contributed by atoms with Gasteiger partial charge in [0.2, 0.25) is 5.95 Å². The number of nitrogens with one attached hydrogen (secondary N) is 2. The van der Waals surface area contributed by atoms with Gasteiger partial charge in [-0.1, -0.05) is 0 Å². The molecule has 0 aliphatic carbocycles. The normalized spacial score (nSPS) is 17.5. The number of hydrogen-bond donors (Lipinski definition) is 3. The minimum absolute atomic E-state index is 0.283. The summed E-state index contributed by atoms with van der Waals surface area (Å²) in [5, 5.41) is 13.1. The summed E-state index contributed by atoms with van der Waals surface area (Å²) in [6, 6.07) is 9.80. The molecular weight excluding hydrogens is 316 g/mol. The van der Waals surface area contributed by atoms with Crippen LogP contribution in [0.25, 0.3) is 11.4 Å². The lowest BCUT2D eigenvalue weighted by atomic mass is 10.1. The van der Waals surface area contributed by atoms with E-state index in [2.05, 4.69) is 30.2 Å². The highest BCUT2D eigenvalue weighted by atomic mass is 16.3. The van der Waals surface area contributed by atoms with Crippen LogP contribution in [0.5, 0.6) is 0 Å². The Balaban J connectivity index is 1.48. The van der Waals surface area contributed by atoms with Crippen molar-refractivity contribution >= 4 is 17.5 Å². The smallest absolute Gasteiger partial charge is 0.229 e. The summed E-state index contributed by atoms with van der Waals surface area (Å²) in [5.74, 6) is 2.22. The maximum atomic E-state index is 9.84. The minimum Gasteiger partial charge on any atom is -0.391 e. The molecule has 1 fully saturated rings. The lowest BCUT2D eigenvalue weighted by Gasteiger charge is -2.31. The molecule has 1 aromatic carbocycles. The van der Waals surface area contributed by atoms with Crippen molar-refractivity contribution in [3.8, 4) is 11.4 Å². The van der Waals surface area contributed by atoms with Crippen LogP contribution in [0.15, 0.2) is 48.9 Å². The van der Waals surface area contributed by atoms with Crippen LogP contribution in [-0.4, -0.2) is 44.2 Å². The van der Waals surface area contributed by atoms with Gasteiger partial charge >= 0.3 is 0 Å². The SMILES string of the molecule is OC1CCCN(c2ccnc(Nc3ccc(-c4ncc[nH]4)cc3)n2)C1. The van der Waals surface area contributed by atoms with E-state index >= 15 is 0 Å².